The Morgan fingerprint density at radius 2 is 1.53 bits per heavy atom. The summed E-state index contributed by atoms with van der Waals surface area (Å²) in [6.45, 7) is 7.07. The van der Waals surface area contributed by atoms with Gasteiger partial charge in [0, 0.05) is 17.6 Å². The summed E-state index contributed by atoms with van der Waals surface area (Å²) in [5.74, 6) is -0.801. The third kappa shape index (κ3) is 7.36. The normalized spacial score (nSPS) is 12.9. The molecule has 3 aromatic carbocycles. The minimum Gasteiger partial charge on any atom is -0.352 e. The first-order valence-electron chi connectivity index (χ1n) is 12.5. The highest BCUT2D eigenvalue weighted by Crippen LogP contribution is 2.26. The number of nitrogens with zero attached hydrogens (tertiary/aromatic N) is 2. The number of amides is 2. The maximum absolute atomic E-state index is 13.9. The maximum Gasteiger partial charge on any atom is 0.264 e. The van der Waals surface area contributed by atoms with Crippen LogP contribution in [0.2, 0.25) is 5.02 Å². The minimum absolute atomic E-state index is 0.00689. The summed E-state index contributed by atoms with van der Waals surface area (Å²) in [4.78, 5) is 28.3. The molecule has 2 amide bonds. The summed E-state index contributed by atoms with van der Waals surface area (Å²) in [5.41, 5.74) is 2.12. The van der Waals surface area contributed by atoms with Crippen LogP contribution in [0.1, 0.15) is 38.3 Å². The number of anilines is 1. The molecule has 1 N–H and O–H groups in total. The predicted molar refractivity (Wildman–Crippen MR) is 152 cm³/mol. The first-order chi connectivity index (χ1) is 18.0. The lowest BCUT2D eigenvalue weighted by atomic mass is 10.1. The van der Waals surface area contributed by atoms with E-state index in [1.165, 1.54) is 29.2 Å². The molecule has 202 valence electrons. The Kier molecular flexibility index (Phi) is 9.94. The Balaban J connectivity index is 2.00. The summed E-state index contributed by atoms with van der Waals surface area (Å²) >= 11 is 5.98. The second-order valence-corrected chi connectivity index (χ2v) is 11.6. The molecule has 0 fully saturated rings. The van der Waals surface area contributed by atoms with Crippen LogP contribution in [0.5, 0.6) is 0 Å². The molecule has 9 heteroatoms. The van der Waals surface area contributed by atoms with E-state index in [4.69, 9.17) is 11.6 Å². The quantitative estimate of drug-likeness (QED) is 0.353. The van der Waals surface area contributed by atoms with Crippen molar-refractivity contribution in [1.29, 1.82) is 0 Å². The number of sulfonamides is 1. The van der Waals surface area contributed by atoms with Gasteiger partial charge < -0.3 is 10.2 Å². The number of halogens is 1. The lowest BCUT2D eigenvalue weighted by molar-refractivity contribution is -0.139. The van der Waals surface area contributed by atoms with Crippen molar-refractivity contribution >= 4 is 39.1 Å². The van der Waals surface area contributed by atoms with Gasteiger partial charge in [-0.3, -0.25) is 13.9 Å². The van der Waals surface area contributed by atoms with Crippen LogP contribution < -0.4 is 9.62 Å². The number of carbonyl (C=O) groups is 2. The molecular formula is C29H34ClN3O4S. The number of aryl methyl sites for hydroxylation is 1. The molecule has 0 spiro atoms. The van der Waals surface area contributed by atoms with Gasteiger partial charge in [0.1, 0.15) is 12.6 Å². The van der Waals surface area contributed by atoms with Gasteiger partial charge in [-0.15, -0.1) is 0 Å². The van der Waals surface area contributed by atoms with Gasteiger partial charge in [0.2, 0.25) is 11.8 Å². The summed E-state index contributed by atoms with van der Waals surface area (Å²) in [6.07, 6.45) is 0.742. The van der Waals surface area contributed by atoms with Crippen molar-refractivity contribution in [3.05, 3.63) is 95.0 Å². The fraction of sp³-hybridized carbons (Fsp3) is 0.310. The van der Waals surface area contributed by atoms with Crippen LogP contribution in [0.25, 0.3) is 0 Å². The van der Waals surface area contributed by atoms with E-state index in [2.05, 4.69) is 5.32 Å². The highest BCUT2D eigenvalue weighted by atomic mass is 35.5. The predicted octanol–water partition coefficient (Wildman–Crippen LogP) is 5.18. The summed E-state index contributed by atoms with van der Waals surface area (Å²) < 4.78 is 28.6. The van der Waals surface area contributed by atoms with Crippen LogP contribution in [0, 0.1) is 6.92 Å². The maximum atomic E-state index is 13.9. The molecule has 0 bridgehead atoms. The highest BCUT2D eigenvalue weighted by Gasteiger charge is 2.32. The minimum atomic E-state index is -4.13. The van der Waals surface area contributed by atoms with Gasteiger partial charge in [-0.05, 0) is 69.2 Å². The van der Waals surface area contributed by atoms with E-state index in [0.717, 1.165) is 21.9 Å². The van der Waals surface area contributed by atoms with Crippen LogP contribution in [-0.2, 0) is 26.2 Å². The van der Waals surface area contributed by atoms with Crippen LogP contribution >= 0.6 is 11.6 Å². The monoisotopic (exact) mass is 555 g/mol. The number of nitrogens with one attached hydrogen (secondary N) is 1. The number of benzene rings is 3. The molecule has 7 nitrogen and oxygen atoms in total. The van der Waals surface area contributed by atoms with E-state index in [-0.39, 0.29) is 23.4 Å². The zero-order chi connectivity index (χ0) is 27.9. The molecule has 0 unspecified atom stereocenters. The van der Waals surface area contributed by atoms with E-state index in [9.17, 15) is 18.0 Å². The SMILES string of the molecule is CC[C@H](C)NC(=O)[C@@H](C)N(Cc1ccccc1)C(=O)CN(c1ccc(C)cc1)S(=O)(=O)c1ccc(Cl)cc1. The molecule has 0 radical (unpaired) electrons. The molecule has 38 heavy (non-hydrogen) atoms. The molecule has 2 atom stereocenters. The second-order valence-electron chi connectivity index (χ2n) is 9.30. The summed E-state index contributed by atoms with van der Waals surface area (Å²) in [7, 11) is -4.13. The van der Waals surface area contributed by atoms with Crippen molar-refractivity contribution in [1.82, 2.24) is 10.2 Å². The zero-order valence-electron chi connectivity index (χ0n) is 22.1. The standard InChI is InChI=1S/C29H34ClN3O4S/c1-5-22(3)31-29(35)23(4)32(19-24-9-7-6-8-10-24)28(34)20-33(26-15-11-21(2)12-16-26)38(36,37)27-17-13-25(30)14-18-27/h6-18,22-23H,5,19-20H2,1-4H3,(H,31,35)/t22-,23+/m0/s1. The Morgan fingerprint density at radius 1 is 0.921 bits per heavy atom. The fourth-order valence-electron chi connectivity index (χ4n) is 3.80. The molecule has 0 aliphatic carbocycles. The third-order valence-corrected chi connectivity index (χ3v) is 8.41. The Hall–Kier alpha value is -3.36. The van der Waals surface area contributed by atoms with E-state index in [1.807, 2.05) is 51.1 Å². The van der Waals surface area contributed by atoms with Crippen LogP contribution in [0.15, 0.2) is 83.8 Å². The molecule has 3 aromatic rings. The number of hydrogen-bond donors (Lipinski definition) is 1. The molecule has 0 saturated heterocycles. The molecule has 0 aliphatic rings. The van der Waals surface area contributed by atoms with Crippen LogP contribution in [-0.4, -0.2) is 43.8 Å². The van der Waals surface area contributed by atoms with Crippen LogP contribution in [0.4, 0.5) is 5.69 Å². The first-order valence-corrected chi connectivity index (χ1v) is 14.3. The first kappa shape index (κ1) is 29.2. The molecular weight excluding hydrogens is 522 g/mol. The van der Waals surface area contributed by atoms with Crippen molar-refractivity contribution in [2.75, 3.05) is 10.8 Å². The lowest BCUT2D eigenvalue weighted by Gasteiger charge is -2.32. The van der Waals surface area contributed by atoms with Gasteiger partial charge in [-0.2, -0.15) is 0 Å². The highest BCUT2D eigenvalue weighted by molar-refractivity contribution is 7.92. The van der Waals surface area contributed by atoms with Gasteiger partial charge in [-0.1, -0.05) is 66.6 Å². The molecule has 3 rings (SSSR count). The molecule has 0 saturated carbocycles. The average Bonchev–Trinajstić information content (AvgIpc) is 2.91. The van der Waals surface area contributed by atoms with Gasteiger partial charge >= 0.3 is 0 Å². The van der Waals surface area contributed by atoms with Crippen LogP contribution in [0.3, 0.4) is 0 Å². The fourth-order valence-corrected chi connectivity index (χ4v) is 5.34. The third-order valence-electron chi connectivity index (χ3n) is 6.37. The van der Waals surface area contributed by atoms with Gasteiger partial charge in [0.05, 0.1) is 10.6 Å². The van der Waals surface area contributed by atoms with Gasteiger partial charge in [0.15, 0.2) is 0 Å². The number of carbonyl (C=O) groups excluding carboxylic acids is 2. The van der Waals surface area contributed by atoms with Crippen molar-refractivity contribution in [3.63, 3.8) is 0 Å². The lowest BCUT2D eigenvalue weighted by Crippen LogP contribution is -2.52. The zero-order valence-corrected chi connectivity index (χ0v) is 23.7. The topological polar surface area (TPSA) is 86.8 Å². The molecule has 0 heterocycles. The Morgan fingerprint density at radius 3 is 2.11 bits per heavy atom. The summed E-state index contributed by atoms with van der Waals surface area (Å²) in [5, 5.41) is 3.33. The van der Waals surface area contributed by atoms with E-state index in [1.54, 1.807) is 31.2 Å². The number of hydrogen-bond acceptors (Lipinski definition) is 4. The van der Waals surface area contributed by atoms with Crippen molar-refractivity contribution in [2.45, 2.75) is 57.6 Å². The smallest absolute Gasteiger partial charge is 0.264 e. The molecule has 0 aliphatic heterocycles. The van der Waals surface area contributed by atoms with Gasteiger partial charge in [0.25, 0.3) is 10.0 Å². The van der Waals surface area contributed by atoms with E-state index >= 15 is 0 Å². The van der Waals surface area contributed by atoms with Gasteiger partial charge in [-0.25, -0.2) is 8.42 Å². The van der Waals surface area contributed by atoms with E-state index < -0.39 is 28.5 Å². The van der Waals surface area contributed by atoms with E-state index in [0.29, 0.717) is 10.7 Å². The second kappa shape index (κ2) is 12.9. The van der Waals surface area contributed by atoms with Crippen molar-refractivity contribution < 1.29 is 18.0 Å². The van der Waals surface area contributed by atoms with Crippen molar-refractivity contribution in [2.24, 2.45) is 0 Å². The number of rotatable bonds is 11. The average molecular weight is 556 g/mol. The largest absolute Gasteiger partial charge is 0.352 e. The summed E-state index contributed by atoms with van der Waals surface area (Å²) in [6, 6.07) is 21.1. The molecule has 0 aromatic heterocycles. The van der Waals surface area contributed by atoms with Crippen molar-refractivity contribution in [3.8, 4) is 0 Å². The Bertz CT molecular complexity index is 1330. The Labute approximate surface area is 230 Å².